The average Bonchev–Trinajstić information content (AvgIpc) is 2.98. The minimum Gasteiger partial charge on any atom is -0.383 e. The molecule has 0 fully saturated rings. The Kier molecular flexibility index (Phi) is 4.92. The van der Waals surface area contributed by atoms with Gasteiger partial charge in [-0.2, -0.15) is 0 Å². The van der Waals surface area contributed by atoms with Crippen LogP contribution >= 0.6 is 0 Å². The van der Waals surface area contributed by atoms with Gasteiger partial charge in [0.25, 0.3) is 0 Å². The molecule has 6 nitrogen and oxygen atoms in total. The van der Waals surface area contributed by atoms with Crippen LogP contribution in [0.15, 0.2) is 17.0 Å². The molecule has 0 aliphatic heterocycles. The molecule has 0 N–H and O–H groups in total. The predicted octanol–water partition coefficient (Wildman–Crippen LogP) is 1.77. The Morgan fingerprint density at radius 3 is 2.80 bits per heavy atom. The van der Waals surface area contributed by atoms with Gasteiger partial charge in [-0.15, -0.1) is 0 Å². The summed E-state index contributed by atoms with van der Waals surface area (Å²) in [5.74, 6) is 0.891. The van der Waals surface area contributed by atoms with Gasteiger partial charge in [0.05, 0.1) is 24.3 Å². The van der Waals surface area contributed by atoms with Crippen LogP contribution in [0.25, 0.3) is 0 Å². The van der Waals surface area contributed by atoms with E-state index >= 15 is 0 Å². The Labute approximate surface area is 119 Å². The van der Waals surface area contributed by atoms with E-state index in [0.717, 1.165) is 36.7 Å². The number of aromatic nitrogens is 3. The van der Waals surface area contributed by atoms with E-state index < -0.39 is 0 Å². The maximum absolute atomic E-state index is 5.20. The molecule has 0 radical (unpaired) electrons. The Morgan fingerprint density at radius 1 is 1.35 bits per heavy atom. The lowest BCUT2D eigenvalue weighted by molar-refractivity contribution is 0.185. The number of rotatable bonds is 7. The predicted molar refractivity (Wildman–Crippen MR) is 75.3 cm³/mol. The molecule has 2 aromatic rings. The fraction of sp³-hybridized carbons (Fsp3) is 0.571. The first-order valence-corrected chi connectivity index (χ1v) is 6.70. The molecule has 0 bridgehead atoms. The maximum atomic E-state index is 5.20. The molecule has 0 atom stereocenters. The largest absolute Gasteiger partial charge is 0.383 e. The summed E-state index contributed by atoms with van der Waals surface area (Å²) in [5, 5.41) is 3.99. The van der Waals surface area contributed by atoms with Gasteiger partial charge in [0.15, 0.2) is 0 Å². The van der Waals surface area contributed by atoms with Gasteiger partial charge in [-0.05, 0) is 20.9 Å². The van der Waals surface area contributed by atoms with E-state index in [1.165, 1.54) is 5.69 Å². The fourth-order valence-electron chi connectivity index (χ4n) is 2.20. The van der Waals surface area contributed by atoms with Crippen molar-refractivity contribution in [1.82, 2.24) is 19.6 Å². The molecule has 20 heavy (non-hydrogen) atoms. The summed E-state index contributed by atoms with van der Waals surface area (Å²) >= 11 is 0. The molecule has 110 valence electrons. The molecule has 0 saturated heterocycles. The van der Waals surface area contributed by atoms with Crippen LogP contribution in [0.3, 0.4) is 0 Å². The molecule has 0 spiro atoms. The van der Waals surface area contributed by atoms with Crippen molar-refractivity contribution in [2.24, 2.45) is 0 Å². The molecule has 2 aromatic heterocycles. The van der Waals surface area contributed by atoms with Crippen molar-refractivity contribution >= 4 is 0 Å². The van der Waals surface area contributed by atoms with Crippen LogP contribution in [0.4, 0.5) is 0 Å². The second kappa shape index (κ2) is 6.67. The van der Waals surface area contributed by atoms with Gasteiger partial charge in [-0.1, -0.05) is 5.16 Å². The summed E-state index contributed by atoms with van der Waals surface area (Å²) in [7, 11) is 3.79. The number of hydrogen-bond donors (Lipinski definition) is 0. The van der Waals surface area contributed by atoms with Crippen molar-refractivity contribution < 1.29 is 9.26 Å². The van der Waals surface area contributed by atoms with E-state index in [4.69, 9.17) is 9.26 Å². The quantitative estimate of drug-likeness (QED) is 0.772. The normalized spacial score (nSPS) is 11.4. The lowest BCUT2D eigenvalue weighted by atomic mass is 10.2. The number of methoxy groups -OCH3 is 1. The third-order valence-electron chi connectivity index (χ3n) is 3.38. The minimum atomic E-state index is 0.691. The molecular formula is C14H22N4O2. The first kappa shape index (κ1) is 14.7. The van der Waals surface area contributed by atoms with Crippen LogP contribution in [0.2, 0.25) is 0 Å². The molecule has 0 aliphatic rings. The Hall–Kier alpha value is -1.66. The molecule has 2 heterocycles. The molecule has 0 amide bonds. The minimum absolute atomic E-state index is 0.691. The molecule has 0 saturated carbocycles. The molecule has 2 rings (SSSR count). The van der Waals surface area contributed by atoms with E-state index in [0.29, 0.717) is 6.61 Å². The third-order valence-corrected chi connectivity index (χ3v) is 3.38. The summed E-state index contributed by atoms with van der Waals surface area (Å²) in [6.45, 7) is 7.08. The number of hydrogen-bond acceptors (Lipinski definition) is 5. The SMILES string of the molecule is COCCn1cncc1CN(C)Cc1c(C)noc1C. The molecular weight excluding hydrogens is 256 g/mol. The van der Waals surface area contributed by atoms with Crippen LogP contribution in [-0.4, -0.2) is 40.4 Å². The highest BCUT2D eigenvalue weighted by Crippen LogP contribution is 2.15. The van der Waals surface area contributed by atoms with Gasteiger partial charge in [-0.25, -0.2) is 4.98 Å². The van der Waals surface area contributed by atoms with Crippen molar-refractivity contribution in [1.29, 1.82) is 0 Å². The van der Waals surface area contributed by atoms with Crippen molar-refractivity contribution in [2.45, 2.75) is 33.5 Å². The van der Waals surface area contributed by atoms with Gasteiger partial charge >= 0.3 is 0 Å². The van der Waals surface area contributed by atoms with Crippen LogP contribution in [0, 0.1) is 13.8 Å². The Morgan fingerprint density at radius 2 is 2.15 bits per heavy atom. The maximum Gasteiger partial charge on any atom is 0.138 e. The Bertz CT molecular complexity index is 528. The van der Waals surface area contributed by atoms with Gasteiger partial charge in [-0.3, -0.25) is 4.90 Å². The zero-order chi connectivity index (χ0) is 14.5. The molecule has 0 aromatic carbocycles. The molecule has 6 heteroatoms. The van der Waals surface area contributed by atoms with E-state index in [1.807, 2.05) is 26.4 Å². The van der Waals surface area contributed by atoms with Gasteiger partial charge < -0.3 is 13.8 Å². The monoisotopic (exact) mass is 278 g/mol. The zero-order valence-electron chi connectivity index (χ0n) is 12.6. The van der Waals surface area contributed by atoms with Crippen molar-refractivity contribution in [2.75, 3.05) is 20.8 Å². The van der Waals surface area contributed by atoms with E-state index in [-0.39, 0.29) is 0 Å². The number of nitrogens with zero attached hydrogens (tertiary/aromatic N) is 4. The van der Waals surface area contributed by atoms with Crippen molar-refractivity contribution in [3.8, 4) is 0 Å². The third kappa shape index (κ3) is 3.46. The lowest BCUT2D eigenvalue weighted by Crippen LogP contribution is -2.20. The Balaban J connectivity index is 1.98. The standard InChI is InChI=1S/C14H22N4O2/c1-11-14(12(2)20-16-11)9-17(3)8-13-7-15-10-18(13)5-6-19-4/h7,10H,5-6,8-9H2,1-4H3. The van der Waals surface area contributed by atoms with E-state index in [1.54, 1.807) is 7.11 Å². The summed E-state index contributed by atoms with van der Waals surface area (Å²) in [4.78, 5) is 6.44. The van der Waals surface area contributed by atoms with Crippen LogP contribution < -0.4 is 0 Å². The average molecular weight is 278 g/mol. The summed E-state index contributed by atoms with van der Waals surface area (Å²) in [6, 6.07) is 0. The van der Waals surface area contributed by atoms with Gasteiger partial charge in [0, 0.05) is 38.5 Å². The zero-order valence-corrected chi connectivity index (χ0v) is 12.6. The number of imidazole rings is 1. The first-order chi connectivity index (χ1) is 9.61. The van der Waals surface area contributed by atoms with Crippen LogP contribution in [-0.2, 0) is 24.4 Å². The highest BCUT2D eigenvalue weighted by molar-refractivity contribution is 5.20. The van der Waals surface area contributed by atoms with Crippen LogP contribution in [0.1, 0.15) is 22.7 Å². The molecule has 0 unspecified atom stereocenters. The first-order valence-electron chi connectivity index (χ1n) is 6.70. The number of aryl methyl sites for hydroxylation is 2. The highest BCUT2D eigenvalue weighted by atomic mass is 16.5. The van der Waals surface area contributed by atoms with E-state index in [2.05, 4.69) is 26.7 Å². The summed E-state index contributed by atoms with van der Waals surface area (Å²) in [5.41, 5.74) is 3.30. The second-order valence-corrected chi connectivity index (χ2v) is 5.05. The van der Waals surface area contributed by atoms with Crippen LogP contribution in [0.5, 0.6) is 0 Å². The molecule has 0 aliphatic carbocycles. The van der Waals surface area contributed by atoms with Gasteiger partial charge in [0.1, 0.15) is 5.76 Å². The highest BCUT2D eigenvalue weighted by Gasteiger charge is 2.13. The van der Waals surface area contributed by atoms with Gasteiger partial charge in [0.2, 0.25) is 0 Å². The van der Waals surface area contributed by atoms with Crippen molar-refractivity contribution in [3.63, 3.8) is 0 Å². The number of ether oxygens (including phenoxy) is 1. The van der Waals surface area contributed by atoms with E-state index in [9.17, 15) is 0 Å². The lowest BCUT2D eigenvalue weighted by Gasteiger charge is -2.17. The summed E-state index contributed by atoms with van der Waals surface area (Å²) < 4.78 is 12.4. The topological polar surface area (TPSA) is 56.3 Å². The second-order valence-electron chi connectivity index (χ2n) is 5.05. The van der Waals surface area contributed by atoms with Crippen molar-refractivity contribution in [3.05, 3.63) is 35.2 Å². The fourth-order valence-corrected chi connectivity index (χ4v) is 2.20. The summed E-state index contributed by atoms with van der Waals surface area (Å²) in [6.07, 6.45) is 3.75. The smallest absolute Gasteiger partial charge is 0.138 e.